The number of nitrogens with zero attached hydrogens (tertiary/aromatic N) is 2. The van der Waals surface area contributed by atoms with Crippen LogP contribution in [-0.4, -0.2) is 40.7 Å². The lowest BCUT2D eigenvalue weighted by atomic mass is 10.0. The number of nitrogens with one attached hydrogen (secondary N) is 2. The number of methoxy groups -OCH3 is 1. The van der Waals surface area contributed by atoms with Crippen LogP contribution in [0.1, 0.15) is 18.9 Å². The molecule has 10 nitrogen and oxygen atoms in total. The highest BCUT2D eigenvalue weighted by atomic mass is 16.5. The number of carbonyl (C=O) groups is 1. The van der Waals surface area contributed by atoms with Crippen molar-refractivity contribution >= 4 is 28.2 Å². The lowest BCUT2D eigenvalue weighted by Crippen LogP contribution is -2.42. The Labute approximate surface area is 200 Å². The number of carboxylic acids is 1. The summed E-state index contributed by atoms with van der Waals surface area (Å²) < 4.78 is 11.2. The van der Waals surface area contributed by atoms with E-state index in [0.29, 0.717) is 40.4 Å². The topological polar surface area (TPSA) is 140 Å². The number of aliphatic carboxylic acids is 1. The summed E-state index contributed by atoms with van der Waals surface area (Å²) in [5, 5.41) is 15.9. The third kappa shape index (κ3) is 5.06. The molecule has 4 aromatic rings. The Balaban J connectivity index is 1.48. The van der Waals surface area contributed by atoms with Crippen LogP contribution in [0.25, 0.3) is 10.9 Å². The summed E-state index contributed by atoms with van der Waals surface area (Å²) in [4.78, 5) is 44.0. The summed E-state index contributed by atoms with van der Waals surface area (Å²) in [6, 6.07) is 11.2. The quantitative estimate of drug-likeness (QED) is 0.277. The normalized spacial score (nSPS) is 11.8. The fourth-order valence-electron chi connectivity index (χ4n) is 3.58. The first kappa shape index (κ1) is 23.7. The van der Waals surface area contributed by atoms with Crippen molar-refractivity contribution in [1.82, 2.24) is 9.97 Å². The highest BCUT2D eigenvalue weighted by molar-refractivity contribution is 5.85. The Bertz CT molecular complexity index is 1430. The van der Waals surface area contributed by atoms with E-state index in [1.54, 1.807) is 43.5 Å². The first-order valence-electron chi connectivity index (χ1n) is 11.0. The average Bonchev–Trinajstić information content (AvgIpc) is 2.88. The maximum atomic E-state index is 12.0. The first-order chi connectivity index (χ1) is 16.9. The highest BCUT2D eigenvalue weighted by Crippen LogP contribution is 2.29. The molecule has 1 heterocycles. The molecular formula is C25H24N4O6. The fraction of sp³-hybridized carbons (Fsp3) is 0.240. The van der Waals surface area contributed by atoms with Crippen LogP contribution in [0, 0.1) is 0 Å². The molecule has 0 saturated carbocycles. The zero-order chi connectivity index (χ0) is 24.9. The molecular weight excluding hydrogens is 452 g/mol. The van der Waals surface area contributed by atoms with Gasteiger partial charge in [-0.1, -0.05) is 19.1 Å². The summed E-state index contributed by atoms with van der Waals surface area (Å²) in [5.74, 6) is 0.375. The van der Waals surface area contributed by atoms with Gasteiger partial charge in [0.1, 0.15) is 35.2 Å². The standard InChI is InChI=1S/C25H24N4O6/c1-3-10-26-20-21(23(31)22(20)30)29-19(25(32)33)11-14-4-6-15(7-5-14)35-24-17-12-16(34-2)8-9-18(17)27-13-28-24/h4-9,12-13,19,26,29H,3,10-11H2,1-2H3,(H,32,33)/t19-/m0/s1. The second kappa shape index (κ2) is 10.2. The molecule has 4 rings (SSSR count). The third-order valence-corrected chi connectivity index (χ3v) is 5.46. The van der Waals surface area contributed by atoms with Gasteiger partial charge >= 0.3 is 5.97 Å². The average molecular weight is 476 g/mol. The number of ether oxygens (including phenoxy) is 2. The molecule has 0 bridgehead atoms. The maximum absolute atomic E-state index is 12.0. The van der Waals surface area contributed by atoms with Gasteiger partial charge in [-0.05, 0) is 42.3 Å². The van der Waals surface area contributed by atoms with Crippen molar-refractivity contribution in [3.63, 3.8) is 0 Å². The molecule has 35 heavy (non-hydrogen) atoms. The zero-order valence-corrected chi connectivity index (χ0v) is 19.2. The molecule has 3 N–H and O–H groups in total. The van der Waals surface area contributed by atoms with Gasteiger partial charge in [0.2, 0.25) is 5.88 Å². The van der Waals surface area contributed by atoms with Crippen LogP contribution in [0.3, 0.4) is 0 Å². The largest absolute Gasteiger partial charge is 0.497 e. The third-order valence-electron chi connectivity index (χ3n) is 5.46. The van der Waals surface area contributed by atoms with Crippen LogP contribution in [0.15, 0.2) is 58.4 Å². The molecule has 0 aliphatic carbocycles. The van der Waals surface area contributed by atoms with E-state index in [-0.39, 0.29) is 17.8 Å². The number of fused-ring (bicyclic) bond motifs is 1. The summed E-state index contributed by atoms with van der Waals surface area (Å²) in [6.07, 6.45) is 2.26. The number of aromatic nitrogens is 2. The predicted octanol–water partition coefficient (Wildman–Crippen LogP) is 2.96. The molecule has 0 saturated heterocycles. The fourth-order valence-corrected chi connectivity index (χ4v) is 3.58. The van der Waals surface area contributed by atoms with Gasteiger partial charge in [0.15, 0.2) is 0 Å². The Kier molecular flexibility index (Phi) is 6.91. The van der Waals surface area contributed by atoms with Gasteiger partial charge in [-0.3, -0.25) is 9.59 Å². The van der Waals surface area contributed by atoms with Gasteiger partial charge in [-0.2, -0.15) is 0 Å². The second-order valence-electron chi connectivity index (χ2n) is 7.88. The summed E-state index contributed by atoms with van der Waals surface area (Å²) in [6.45, 7) is 2.43. The van der Waals surface area contributed by atoms with Crippen LogP contribution in [0.2, 0.25) is 0 Å². The highest BCUT2D eigenvalue weighted by Gasteiger charge is 2.26. The van der Waals surface area contributed by atoms with Crippen molar-refractivity contribution in [2.75, 3.05) is 24.3 Å². The molecule has 10 heteroatoms. The Hall–Kier alpha value is -4.47. The van der Waals surface area contributed by atoms with E-state index in [1.807, 2.05) is 13.0 Å². The van der Waals surface area contributed by atoms with E-state index in [4.69, 9.17) is 9.47 Å². The van der Waals surface area contributed by atoms with Crippen molar-refractivity contribution in [3.05, 3.63) is 74.8 Å². The van der Waals surface area contributed by atoms with Crippen LogP contribution < -0.4 is 31.0 Å². The van der Waals surface area contributed by atoms with Gasteiger partial charge in [0.25, 0.3) is 10.9 Å². The molecule has 0 radical (unpaired) electrons. The molecule has 0 unspecified atom stereocenters. The number of hydrogen-bond acceptors (Lipinski definition) is 9. The number of rotatable bonds is 11. The van der Waals surface area contributed by atoms with Crippen LogP contribution in [-0.2, 0) is 11.2 Å². The molecule has 180 valence electrons. The van der Waals surface area contributed by atoms with E-state index in [2.05, 4.69) is 20.6 Å². The van der Waals surface area contributed by atoms with E-state index >= 15 is 0 Å². The Morgan fingerprint density at radius 3 is 2.43 bits per heavy atom. The number of hydrogen-bond donors (Lipinski definition) is 3. The minimum atomic E-state index is -1.14. The maximum Gasteiger partial charge on any atom is 0.326 e. The summed E-state index contributed by atoms with van der Waals surface area (Å²) in [5.41, 5.74) is 0.207. The van der Waals surface area contributed by atoms with Gasteiger partial charge in [0, 0.05) is 13.0 Å². The van der Waals surface area contributed by atoms with Gasteiger partial charge < -0.3 is 25.2 Å². The van der Waals surface area contributed by atoms with Crippen molar-refractivity contribution < 1.29 is 19.4 Å². The molecule has 3 aromatic carbocycles. The van der Waals surface area contributed by atoms with Crippen LogP contribution >= 0.6 is 0 Å². The molecule has 1 atom stereocenters. The predicted molar refractivity (Wildman–Crippen MR) is 131 cm³/mol. The van der Waals surface area contributed by atoms with Crippen molar-refractivity contribution in [3.8, 4) is 17.4 Å². The molecule has 0 fully saturated rings. The van der Waals surface area contributed by atoms with Crippen molar-refractivity contribution in [1.29, 1.82) is 0 Å². The molecule has 1 aromatic heterocycles. The number of anilines is 2. The monoisotopic (exact) mass is 476 g/mol. The Morgan fingerprint density at radius 2 is 1.74 bits per heavy atom. The zero-order valence-electron chi connectivity index (χ0n) is 19.2. The minimum absolute atomic E-state index is 0.0156. The SMILES string of the molecule is CCCNc1c(N[C@@H](Cc2ccc(Oc3ncnc4ccc(OC)cc34)cc2)C(=O)O)c(=O)c1=O. The van der Waals surface area contributed by atoms with Crippen molar-refractivity contribution in [2.24, 2.45) is 0 Å². The van der Waals surface area contributed by atoms with Gasteiger partial charge in [-0.15, -0.1) is 0 Å². The molecule has 0 aliphatic rings. The smallest absolute Gasteiger partial charge is 0.326 e. The minimum Gasteiger partial charge on any atom is -0.497 e. The van der Waals surface area contributed by atoms with Crippen molar-refractivity contribution in [2.45, 2.75) is 25.8 Å². The summed E-state index contributed by atoms with van der Waals surface area (Å²) >= 11 is 0. The van der Waals surface area contributed by atoms with Gasteiger partial charge in [-0.25, -0.2) is 14.8 Å². The van der Waals surface area contributed by atoms with E-state index < -0.39 is 22.9 Å². The summed E-state index contributed by atoms with van der Waals surface area (Å²) in [7, 11) is 1.57. The molecule has 0 amide bonds. The van der Waals surface area contributed by atoms with E-state index in [9.17, 15) is 19.5 Å². The number of benzene rings is 2. The second-order valence-corrected chi connectivity index (χ2v) is 7.88. The lowest BCUT2D eigenvalue weighted by Gasteiger charge is -2.20. The Morgan fingerprint density at radius 1 is 1.03 bits per heavy atom. The number of carboxylic acid groups (broad SMARTS) is 1. The first-order valence-corrected chi connectivity index (χ1v) is 11.0. The van der Waals surface area contributed by atoms with Gasteiger partial charge in [0.05, 0.1) is 18.0 Å². The van der Waals surface area contributed by atoms with E-state index in [1.165, 1.54) is 6.33 Å². The molecule has 0 spiro atoms. The van der Waals surface area contributed by atoms with Crippen LogP contribution in [0.5, 0.6) is 17.4 Å². The lowest BCUT2D eigenvalue weighted by molar-refractivity contribution is -0.137. The molecule has 0 aliphatic heterocycles. The van der Waals surface area contributed by atoms with E-state index in [0.717, 1.165) is 6.42 Å². The van der Waals surface area contributed by atoms with Crippen LogP contribution in [0.4, 0.5) is 11.4 Å².